The molecular formula is C41H72NO8P. The first-order valence-electron chi connectivity index (χ1n) is 19.5. The van der Waals surface area contributed by atoms with Crippen LogP contribution in [0, 0.1) is 0 Å². The molecule has 1 unspecified atom stereocenters. The number of ether oxygens (including phenoxy) is 2. The van der Waals surface area contributed by atoms with Gasteiger partial charge in [0.25, 0.3) is 7.82 Å². The van der Waals surface area contributed by atoms with Crippen molar-refractivity contribution < 1.29 is 42.1 Å². The van der Waals surface area contributed by atoms with E-state index in [0.717, 1.165) is 70.6 Å². The fourth-order valence-corrected chi connectivity index (χ4v) is 5.47. The number of allylic oxidation sites excluding steroid dienone is 10. The van der Waals surface area contributed by atoms with Crippen molar-refractivity contribution in [1.82, 2.24) is 0 Å². The predicted octanol–water partition coefficient (Wildman–Crippen LogP) is 9.88. The van der Waals surface area contributed by atoms with E-state index in [1.165, 1.54) is 25.7 Å². The lowest BCUT2D eigenvalue weighted by Crippen LogP contribution is -2.37. The highest BCUT2D eigenvalue weighted by atomic mass is 31.2. The number of likely N-dealkylation sites (N-methyl/N-ethyl adjacent to an activating group) is 1. The van der Waals surface area contributed by atoms with E-state index in [0.29, 0.717) is 23.9 Å². The molecule has 0 aromatic rings. The van der Waals surface area contributed by atoms with Gasteiger partial charge in [0.15, 0.2) is 6.10 Å². The Morgan fingerprint density at radius 1 is 0.627 bits per heavy atom. The third-order valence-electron chi connectivity index (χ3n) is 7.80. The van der Waals surface area contributed by atoms with Gasteiger partial charge in [0.1, 0.15) is 19.8 Å². The van der Waals surface area contributed by atoms with Gasteiger partial charge in [-0.25, -0.2) is 0 Å². The van der Waals surface area contributed by atoms with Crippen LogP contribution in [0.2, 0.25) is 0 Å². The van der Waals surface area contributed by atoms with Gasteiger partial charge in [-0.1, -0.05) is 126 Å². The molecule has 0 bridgehead atoms. The first kappa shape index (κ1) is 48.7. The molecule has 294 valence electrons. The lowest BCUT2D eigenvalue weighted by molar-refractivity contribution is -0.870. The highest BCUT2D eigenvalue weighted by Gasteiger charge is 2.21. The van der Waals surface area contributed by atoms with Crippen LogP contribution in [0.5, 0.6) is 0 Å². The van der Waals surface area contributed by atoms with E-state index in [2.05, 4.69) is 74.6 Å². The average molecular weight is 738 g/mol. The second kappa shape index (κ2) is 33.5. The predicted molar refractivity (Wildman–Crippen MR) is 208 cm³/mol. The van der Waals surface area contributed by atoms with Gasteiger partial charge in [-0.15, -0.1) is 0 Å². The van der Waals surface area contributed by atoms with E-state index >= 15 is 0 Å². The molecule has 0 aliphatic rings. The van der Waals surface area contributed by atoms with Gasteiger partial charge < -0.3 is 27.9 Å². The molecule has 10 heteroatoms. The van der Waals surface area contributed by atoms with Crippen LogP contribution in [0.25, 0.3) is 0 Å². The summed E-state index contributed by atoms with van der Waals surface area (Å²) in [7, 11) is 1.13. The minimum Gasteiger partial charge on any atom is -0.756 e. The SMILES string of the molecule is CC/C=C/C/C=C/C/C=C/C/C=C/C/C=C/CCCCCC(=O)OC[C@@H](COP(=O)([O-])OCC[N+](C)(C)C)OC(=O)CCCCCCCCCC. The second-order valence-electron chi connectivity index (χ2n) is 13.9. The van der Waals surface area contributed by atoms with Crippen molar-refractivity contribution in [2.24, 2.45) is 0 Å². The summed E-state index contributed by atoms with van der Waals surface area (Å²) < 4.78 is 33.6. The molecule has 0 fully saturated rings. The van der Waals surface area contributed by atoms with Crippen molar-refractivity contribution in [3.8, 4) is 0 Å². The molecular weight excluding hydrogens is 665 g/mol. The number of phosphoric acid groups is 1. The maximum Gasteiger partial charge on any atom is 0.306 e. The fraction of sp³-hybridized carbons (Fsp3) is 0.707. The van der Waals surface area contributed by atoms with Crippen molar-refractivity contribution in [3.05, 3.63) is 60.8 Å². The van der Waals surface area contributed by atoms with E-state index < -0.39 is 32.5 Å². The van der Waals surface area contributed by atoms with Gasteiger partial charge in [0.05, 0.1) is 27.7 Å². The fourth-order valence-electron chi connectivity index (χ4n) is 4.74. The van der Waals surface area contributed by atoms with Gasteiger partial charge >= 0.3 is 11.9 Å². The number of quaternary nitrogens is 1. The molecule has 0 aromatic carbocycles. The van der Waals surface area contributed by atoms with Crippen LogP contribution in [-0.4, -0.2) is 70.0 Å². The first-order chi connectivity index (χ1) is 24.5. The van der Waals surface area contributed by atoms with Crippen LogP contribution < -0.4 is 4.89 Å². The highest BCUT2D eigenvalue weighted by molar-refractivity contribution is 7.45. The van der Waals surface area contributed by atoms with Crippen molar-refractivity contribution in [3.63, 3.8) is 0 Å². The van der Waals surface area contributed by atoms with Gasteiger partial charge in [-0.3, -0.25) is 14.2 Å². The number of esters is 2. The van der Waals surface area contributed by atoms with Crippen molar-refractivity contribution in [1.29, 1.82) is 0 Å². The number of carbonyl (C=O) groups is 2. The average Bonchev–Trinajstić information content (AvgIpc) is 3.07. The van der Waals surface area contributed by atoms with E-state index in [9.17, 15) is 19.0 Å². The van der Waals surface area contributed by atoms with Gasteiger partial charge in [-0.2, -0.15) is 0 Å². The Kier molecular flexibility index (Phi) is 32.0. The summed E-state index contributed by atoms with van der Waals surface area (Å²) in [5.41, 5.74) is 0. The van der Waals surface area contributed by atoms with Gasteiger partial charge in [-0.05, 0) is 57.8 Å². The topological polar surface area (TPSA) is 111 Å². The molecule has 0 aromatic heterocycles. The normalized spacial score (nSPS) is 14.4. The number of unbranched alkanes of at least 4 members (excludes halogenated alkanes) is 10. The Balaban J connectivity index is 4.41. The van der Waals surface area contributed by atoms with Crippen molar-refractivity contribution in [2.75, 3.05) is 47.5 Å². The molecule has 0 saturated carbocycles. The zero-order valence-electron chi connectivity index (χ0n) is 32.8. The Morgan fingerprint density at radius 3 is 1.67 bits per heavy atom. The minimum absolute atomic E-state index is 0.0385. The Bertz CT molecular complexity index is 1060. The number of phosphoric ester groups is 1. The van der Waals surface area contributed by atoms with E-state index in [4.69, 9.17) is 18.5 Å². The number of hydrogen-bond donors (Lipinski definition) is 0. The maximum atomic E-state index is 12.5. The Morgan fingerprint density at radius 2 is 1.12 bits per heavy atom. The van der Waals surface area contributed by atoms with Crippen LogP contribution in [0.15, 0.2) is 60.8 Å². The van der Waals surface area contributed by atoms with Gasteiger partial charge in [0.2, 0.25) is 0 Å². The summed E-state index contributed by atoms with van der Waals surface area (Å²) in [6.07, 6.45) is 38.3. The summed E-state index contributed by atoms with van der Waals surface area (Å²) in [5.74, 6) is -0.883. The second-order valence-corrected chi connectivity index (χ2v) is 15.3. The van der Waals surface area contributed by atoms with Crippen LogP contribution in [0.1, 0.15) is 136 Å². The number of nitrogens with zero attached hydrogens (tertiary/aromatic N) is 1. The van der Waals surface area contributed by atoms with E-state index in [1.807, 2.05) is 21.1 Å². The number of carbonyl (C=O) groups excluding carboxylic acids is 2. The smallest absolute Gasteiger partial charge is 0.306 e. The molecule has 0 spiro atoms. The molecule has 0 saturated heterocycles. The Labute approximate surface area is 311 Å². The molecule has 0 heterocycles. The number of hydrogen-bond acceptors (Lipinski definition) is 8. The lowest BCUT2D eigenvalue weighted by atomic mass is 10.1. The highest BCUT2D eigenvalue weighted by Crippen LogP contribution is 2.38. The largest absolute Gasteiger partial charge is 0.756 e. The lowest BCUT2D eigenvalue weighted by Gasteiger charge is -2.28. The van der Waals surface area contributed by atoms with Crippen molar-refractivity contribution >= 4 is 19.8 Å². The summed E-state index contributed by atoms with van der Waals surface area (Å²) in [5, 5.41) is 0. The quantitative estimate of drug-likeness (QED) is 0.0211. The van der Waals surface area contributed by atoms with Crippen LogP contribution >= 0.6 is 7.82 Å². The number of rotatable bonds is 34. The van der Waals surface area contributed by atoms with E-state index in [1.54, 1.807) is 0 Å². The zero-order valence-corrected chi connectivity index (χ0v) is 33.7. The molecule has 0 amide bonds. The van der Waals surface area contributed by atoms with E-state index in [-0.39, 0.29) is 26.1 Å². The monoisotopic (exact) mass is 737 g/mol. The molecule has 0 N–H and O–H groups in total. The standard InChI is InChI=1S/C41H72NO8P/c1-6-8-10-12-14-16-17-18-19-20-21-22-23-24-25-26-28-29-31-33-40(43)47-37-39(38-49-51(45,46)48-36-35-42(3,4)5)50-41(44)34-32-30-27-15-13-11-9-7-2/h8,10,14,16,18-19,21-22,24-25,39H,6-7,9,11-13,15,17,20,23,26-38H2,1-5H3/b10-8+,16-14+,19-18+,22-21+,25-24+/t39-/m0/s1. The molecule has 0 rings (SSSR count). The third-order valence-corrected chi connectivity index (χ3v) is 8.77. The molecule has 9 nitrogen and oxygen atoms in total. The zero-order chi connectivity index (χ0) is 37.9. The summed E-state index contributed by atoms with van der Waals surface area (Å²) in [4.78, 5) is 37.2. The van der Waals surface area contributed by atoms with Crippen LogP contribution in [0.3, 0.4) is 0 Å². The first-order valence-corrected chi connectivity index (χ1v) is 21.0. The third kappa shape index (κ3) is 37.3. The molecule has 0 radical (unpaired) electrons. The molecule has 0 aliphatic heterocycles. The minimum atomic E-state index is -4.62. The summed E-state index contributed by atoms with van der Waals surface area (Å²) in [6.45, 7) is 4.00. The molecule has 0 aliphatic carbocycles. The van der Waals surface area contributed by atoms with Gasteiger partial charge in [0, 0.05) is 12.8 Å². The van der Waals surface area contributed by atoms with Crippen LogP contribution in [-0.2, 0) is 32.7 Å². The summed E-state index contributed by atoms with van der Waals surface area (Å²) >= 11 is 0. The van der Waals surface area contributed by atoms with Crippen molar-refractivity contribution in [2.45, 2.75) is 142 Å². The Hall–Kier alpha value is -2.29. The maximum absolute atomic E-state index is 12.5. The molecule has 2 atom stereocenters. The molecule has 51 heavy (non-hydrogen) atoms. The van der Waals surface area contributed by atoms with Crippen LogP contribution in [0.4, 0.5) is 0 Å². The summed E-state index contributed by atoms with van der Waals surface area (Å²) in [6, 6.07) is 0.